The zero-order chi connectivity index (χ0) is 18.6. The third-order valence-corrected chi connectivity index (χ3v) is 5.12. The van der Waals surface area contributed by atoms with E-state index in [4.69, 9.17) is 4.98 Å². The van der Waals surface area contributed by atoms with E-state index in [2.05, 4.69) is 48.3 Å². The number of carbonyl (C=O) groups excluding carboxylic acids is 1. The highest BCUT2D eigenvalue weighted by Gasteiger charge is 2.31. The fraction of sp³-hybridized carbons (Fsp3) is 0.261. The molecule has 1 fully saturated rings. The number of benzene rings is 1. The molecule has 0 radical (unpaired) electrons. The van der Waals surface area contributed by atoms with Gasteiger partial charge < -0.3 is 4.90 Å². The molecule has 4 nitrogen and oxygen atoms in total. The lowest BCUT2D eigenvalue weighted by Gasteiger charge is -2.24. The molecule has 136 valence electrons. The summed E-state index contributed by atoms with van der Waals surface area (Å²) in [4.78, 5) is 23.8. The SMILES string of the molecule is Cc1ccc(Cc2cccc(C3CCCN3C(=O)c3ccncc3)n2)cc1. The van der Waals surface area contributed by atoms with E-state index in [1.165, 1.54) is 11.1 Å². The van der Waals surface area contributed by atoms with Crippen LogP contribution in [-0.4, -0.2) is 27.3 Å². The number of hydrogen-bond donors (Lipinski definition) is 0. The number of amides is 1. The number of rotatable bonds is 4. The molecule has 3 aromatic rings. The predicted molar refractivity (Wildman–Crippen MR) is 105 cm³/mol. The Labute approximate surface area is 159 Å². The Kier molecular flexibility index (Phi) is 4.97. The van der Waals surface area contributed by atoms with Gasteiger partial charge in [-0.1, -0.05) is 35.9 Å². The number of hydrogen-bond acceptors (Lipinski definition) is 3. The first-order valence-corrected chi connectivity index (χ1v) is 9.43. The van der Waals surface area contributed by atoms with Crippen molar-refractivity contribution in [2.24, 2.45) is 0 Å². The van der Waals surface area contributed by atoms with E-state index in [1.54, 1.807) is 24.5 Å². The summed E-state index contributed by atoms with van der Waals surface area (Å²) in [7, 11) is 0. The van der Waals surface area contributed by atoms with Crippen LogP contribution in [0.25, 0.3) is 0 Å². The first-order valence-electron chi connectivity index (χ1n) is 9.43. The number of likely N-dealkylation sites (tertiary alicyclic amines) is 1. The van der Waals surface area contributed by atoms with Gasteiger partial charge in [-0.25, -0.2) is 0 Å². The molecule has 1 aromatic carbocycles. The lowest BCUT2D eigenvalue weighted by atomic mass is 10.1. The summed E-state index contributed by atoms with van der Waals surface area (Å²) in [6.07, 6.45) is 6.10. The van der Waals surface area contributed by atoms with Crippen LogP contribution in [0, 0.1) is 6.92 Å². The van der Waals surface area contributed by atoms with Crippen LogP contribution >= 0.6 is 0 Å². The van der Waals surface area contributed by atoms with Gasteiger partial charge in [-0.2, -0.15) is 0 Å². The molecular formula is C23H23N3O. The van der Waals surface area contributed by atoms with Gasteiger partial charge in [-0.05, 0) is 49.6 Å². The molecule has 0 bridgehead atoms. The monoisotopic (exact) mass is 357 g/mol. The van der Waals surface area contributed by atoms with Crippen LogP contribution in [0.1, 0.15) is 51.8 Å². The van der Waals surface area contributed by atoms with E-state index in [9.17, 15) is 4.79 Å². The van der Waals surface area contributed by atoms with Crippen LogP contribution in [0.4, 0.5) is 0 Å². The van der Waals surface area contributed by atoms with Crippen LogP contribution in [0.5, 0.6) is 0 Å². The highest BCUT2D eigenvalue weighted by molar-refractivity contribution is 5.94. The van der Waals surface area contributed by atoms with E-state index in [-0.39, 0.29) is 11.9 Å². The van der Waals surface area contributed by atoms with Gasteiger partial charge in [0.25, 0.3) is 5.91 Å². The summed E-state index contributed by atoms with van der Waals surface area (Å²) in [6.45, 7) is 2.87. The first-order chi connectivity index (χ1) is 13.2. The maximum Gasteiger partial charge on any atom is 0.254 e. The summed E-state index contributed by atoms with van der Waals surface area (Å²) in [5.41, 5.74) is 5.23. The number of carbonyl (C=O) groups is 1. The highest BCUT2D eigenvalue weighted by atomic mass is 16.2. The van der Waals surface area contributed by atoms with Crippen molar-refractivity contribution in [1.29, 1.82) is 0 Å². The third-order valence-electron chi connectivity index (χ3n) is 5.12. The highest BCUT2D eigenvalue weighted by Crippen LogP contribution is 2.32. The van der Waals surface area contributed by atoms with E-state index in [1.807, 2.05) is 11.0 Å². The average molecular weight is 357 g/mol. The van der Waals surface area contributed by atoms with Crippen LogP contribution in [0.3, 0.4) is 0 Å². The Morgan fingerprint density at radius 1 is 1.07 bits per heavy atom. The van der Waals surface area contributed by atoms with Gasteiger partial charge in [0.2, 0.25) is 0 Å². The summed E-state index contributed by atoms with van der Waals surface area (Å²) < 4.78 is 0. The number of nitrogens with zero attached hydrogens (tertiary/aromatic N) is 3. The minimum atomic E-state index is 0.0450. The van der Waals surface area contributed by atoms with Gasteiger partial charge in [0.05, 0.1) is 11.7 Å². The topological polar surface area (TPSA) is 46.1 Å². The molecule has 1 unspecified atom stereocenters. The smallest absolute Gasteiger partial charge is 0.254 e. The van der Waals surface area contributed by atoms with E-state index in [0.717, 1.165) is 37.2 Å². The molecule has 3 heterocycles. The first kappa shape index (κ1) is 17.4. The Bertz CT molecular complexity index is 922. The normalized spacial score (nSPS) is 16.5. The molecule has 2 aromatic heterocycles. The van der Waals surface area contributed by atoms with Crippen molar-refractivity contribution in [2.75, 3.05) is 6.54 Å². The molecular weight excluding hydrogens is 334 g/mol. The van der Waals surface area contributed by atoms with Gasteiger partial charge in [-0.3, -0.25) is 14.8 Å². The standard InChI is InChI=1S/C23H23N3O/c1-17-7-9-18(10-8-17)16-20-4-2-5-21(25-20)22-6-3-15-26(22)23(27)19-11-13-24-14-12-19/h2,4-5,7-14,22H,3,6,15-16H2,1H3. The van der Waals surface area contributed by atoms with Crippen LogP contribution in [0.2, 0.25) is 0 Å². The second-order valence-electron chi connectivity index (χ2n) is 7.11. The maximum atomic E-state index is 12.9. The van der Waals surface area contributed by atoms with Gasteiger partial charge in [0.15, 0.2) is 0 Å². The number of aromatic nitrogens is 2. The maximum absolute atomic E-state index is 12.9. The van der Waals surface area contributed by atoms with Crippen molar-refractivity contribution in [2.45, 2.75) is 32.2 Å². The molecule has 1 saturated heterocycles. The van der Waals surface area contributed by atoms with Crippen LogP contribution in [-0.2, 0) is 6.42 Å². The van der Waals surface area contributed by atoms with E-state index < -0.39 is 0 Å². The van der Waals surface area contributed by atoms with Gasteiger partial charge in [0.1, 0.15) is 0 Å². The fourth-order valence-corrected chi connectivity index (χ4v) is 3.67. The molecule has 1 aliphatic heterocycles. The molecule has 1 aliphatic rings. The van der Waals surface area contributed by atoms with Gasteiger partial charge >= 0.3 is 0 Å². The van der Waals surface area contributed by atoms with Gasteiger partial charge in [0, 0.05) is 36.6 Å². The number of aryl methyl sites for hydroxylation is 1. The minimum absolute atomic E-state index is 0.0450. The molecule has 0 N–H and O–H groups in total. The molecule has 0 saturated carbocycles. The Balaban J connectivity index is 1.55. The Morgan fingerprint density at radius 3 is 2.63 bits per heavy atom. The van der Waals surface area contributed by atoms with Crippen LogP contribution < -0.4 is 0 Å². The average Bonchev–Trinajstić information content (AvgIpc) is 3.20. The second kappa shape index (κ2) is 7.70. The van der Waals surface area contributed by atoms with Crippen molar-refractivity contribution in [1.82, 2.24) is 14.9 Å². The molecule has 27 heavy (non-hydrogen) atoms. The zero-order valence-electron chi connectivity index (χ0n) is 15.5. The summed E-state index contributed by atoms with van der Waals surface area (Å²) in [6, 6.07) is 18.3. The quantitative estimate of drug-likeness (QED) is 0.697. The van der Waals surface area contributed by atoms with Crippen molar-refractivity contribution >= 4 is 5.91 Å². The summed E-state index contributed by atoms with van der Waals surface area (Å²) in [5.74, 6) is 0.0608. The lowest BCUT2D eigenvalue weighted by Crippen LogP contribution is -2.31. The second-order valence-corrected chi connectivity index (χ2v) is 7.11. The van der Waals surface area contributed by atoms with Gasteiger partial charge in [-0.15, -0.1) is 0 Å². The fourth-order valence-electron chi connectivity index (χ4n) is 3.67. The third kappa shape index (κ3) is 3.90. The summed E-state index contributed by atoms with van der Waals surface area (Å²) in [5, 5.41) is 0. The molecule has 4 rings (SSSR count). The number of pyridine rings is 2. The molecule has 0 aliphatic carbocycles. The van der Waals surface area contributed by atoms with E-state index in [0.29, 0.717) is 5.56 Å². The van der Waals surface area contributed by atoms with Crippen molar-refractivity contribution < 1.29 is 4.79 Å². The lowest BCUT2D eigenvalue weighted by molar-refractivity contribution is 0.0732. The van der Waals surface area contributed by atoms with Crippen molar-refractivity contribution in [3.8, 4) is 0 Å². The van der Waals surface area contributed by atoms with Crippen molar-refractivity contribution in [3.05, 3.63) is 95.1 Å². The zero-order valence-corrected chi connectivity index (χ0v) is 15.5. The van der Waals surface area contributed by atoms with Crippen LogP contribution in [0.15, 0.2) is 67.0 Å². The largest absolute Gasteiger partial charge is 0.330 e. The van der Waals surface area contributed by atoms with E-state index >= 15 is 0 Å². The van der Waals surface area contributed by atoms with Crippen molar-refractivity contribution in [3.63, 3.8) is 0 Å². The summed E-state index contributed by atoms with van der Waals surface area (Å²) >= 11 is 0. The molecule has 1 amide bonds. The Hall–Kier alpha value is -3.01. The Morgan fingerprint density at radius 2 is 1.85 bits per heavy atom. The predicted octanol–water partition coefficient (Wildman–Crippen LogP) is 4.35. The molecule has 1 atom stereocenters. The molecule has 4 heteroatoms. The minimum Gasteiger partial charge on any atom is -0.330 e. The molecule has 0 spiro atoms.